The molecule has 0 spiro atoms. The molecule has 10 heteroatoms. The number of halogens is 3. The number of methoxy groups -OCH3 is 2. The molecule has 6 nitrogen and oxygen atoms in total. The zero-order valence-electron chi connectivity index (χ0n) is 22.1. The Morgan fingerprint density at radius 3 is 2.33 bits per heavy atom. The minimum Gasteiger partial charge on any atom is -0.493 e. The van der Waals surface area contributed by atoms with Crippen molar-refractivity contribution in [2.45, 2.75) is 42.5 Å². The molecule has 0 aliphatic heterocycles. The number of fused-ring (bicyclic) bond motifs is 1. The second-order valence-corrected chi connectivity index (χ2v) is 10.7. The molecule has 208 valence electrons. The minimum atomic E-state index is -1.41. The number of thioether (sulfide) groups is 1. The number of rotatable bonds is 8. The van der Waals surface area contributed by atoms with E-state index >= 15 is 0 Å². The highest BCUT2D eigenvalue weighted by Gasteiger charge is 2.40. The maximum Gasteiger partial charge on any atom is 0.335 e. The molecule has 1 aliphatic carbocycles. The third kappa shape index (κ3) is 4.92. The highest BCUT2D eigenvalue weighted by molar-refractivity contribution is 7.98. The van der Waals surface area contributed by atoms with Crippen LogP contribution in [0, 0.1) is 17.5 Å². The van der Waals surface area contributed by atoms with Crippen molar-refractivity contribution in [1.82, 2.24) is 9.55 Å². The van der Waals surface area contributed by atoms with Crippen LogP contribution in [0.1, 0.15) is 52.6 Å². The van der Waals surface area contributed by atoms with E-state index in [-0.39, 0.29) is 11.3 Å². The van der Waals surface area contributed by atoms with Crippen molar-refractivity contribution in [1.29, 1.82) is 0 Å². The third-order valence-corrected chi connectivity index (χ3v) is 8.34. The predicted molar refractivity (Wildman–Crippen MR) is 145 cm³/mol. The first-order valence-electron chi connectivity index (χ1n) is 12.6. The molecule has 0 saturated carbocycles. The molecule has 4 aromatic rings. The summed E-state index contributed by atoms with van der Waals surface area (Å²) in [4.78, 5) is 16.1. The van der Waals surface area contributed by atoms with E-state index in [1.54, 1.807) is 26.4 Å². The number of ether oxygens (including phenoxy) is 2. The standard InChI is InChI=1S/C30H27F3N2O4S/c1-30(18-6-11-25(38-2)26(15-18)39-3)12-4-5-24-27(30)35(20-9-7-19(31)8-10-20)29(34-24)40-16-21-22(32)13-17(28(36)37)14-23(21)33/h6-11,13-15H,4-5,12,16H2,1-3H3,(H,36,37). The van der Waals surface area contributed by atoms with E-state index in [4.69, 9.17) is 19.6 Å². The van der Waals surface area contributed by atoms with Crippen LogP contribution < -0.4 is 9.47 Å². The van der Waals surface area contributed by atoms with Crippen LogP contribution in [0.15, 0.2) is 59.8 Å². The van der Waals surface area contributed by atoms with Gasteiger partial charge in [0.25, 0.3) is 0 Å². The molecule has 1 atom stereocenters. The SMILES string of the molecule is COc1ccc(C2(C)CCCc3nc(SCc4c(F)cc(C(=O)O)cc4F)n(-c4ccc(F)cc4)c32)cc1OC. The fraction of sp³-hybridized carbons (Fsp3) is 0.267. The molecule has 1 aromatic heterocycles. The van der Waals surface area contributed by atoms with E-state index in [1.807, 2.05) is 22.8 Å². The first kappa shape index (κ1) is 27.6. The van der Waals surface area contributed by atoms with E-state index in [9.17, 15) is 18.0 Å². The smallest absolute Gasteiger partial charge is 0.335 e. The van der Waals surface area contributed by atoms with Crippen LogP contribution in [0.5, 0.6) is 11.5 Å². The number of nitrogens with zero attached hydrogens (tertiary/aromatic N) is 2. The quantitative estimate of drug-likeness (QED) is 0.232. The second-order valence-electron chi connectivity index (χ2n) is 9.77. The molecule has 40 heavy (non-hydrogen) atoms. The Hall–Kier alpha value is -3.92. The van der Waals surface area contributed by atoms with Gasteiger partial charge in [-0.2, -0.15) is 0 Å². The zero-order valence-corrected chi connectivity index (χ0v) is 22.9. The second kappa shape index (κ2) is 10.9. The summed E-state index contributed by atoms with van der Waals surface area (Å²) >= 11 is 1.13. The van der Waals surface area contributed by atoms with Gasteiger partial charge >= 0.3 is 5.97 Å². The number of carboxylic acids is 1. The fourth-order valence-electron chi connectivity index (χ4n) is 5.30. The molecule has 0 bridgehead atoms. The number of aromatic carboxylic acids is 1. The van der Waals surface area contributed by atoms with Crippen molar-refractivity contribution in [3.05, 3.63) is 100 Å². The maximum absolute atomic E-state index is 14.7. The topological polar surface area (TPSA) is 73.6 Å². The molecule has 1 unspecified atom stereocenters. The molecule has 1 heterocycles. The Labute approximate surface area is 233 Å². The van der Waals surface area contributed by atoms with Crippen LogP contribution >= 0.6 is 11.8 Å². The van der Waals surface area contributed by atoms with Gasteiger partial charge in [0.2, 0.25) is 0 Å². The highest BCUT2D eigenvalue weighted by Crippen LogP contribution is 2.47. The molecule has 1 N–H and O–H groups in total. The fourth-order valence-corrected chi connectivity index (χ4v) is 6.35. The molecular weight excluding hydrogens is 541 g/mol. The summed E-state index contributed by atoms with van der Waals surface area (Å²) in [6.07, 6.45) is 2.37. The number of benzene rings is 3. The molecular formula is C30H27F3N2O4S. The molecule has 1 aliphatic rings. The number of carbonyl (C=O) groups is 1. The Balaban J connectivity index is 1.63. The van der Waals surface area contributed by atoms with Crippen molar-refractivity contribution in [3.63, 3.8) is 0 Å². The van der Waals surface area contributed by atoms with Crippen LogP contribution in [0.2, 0.25) is 0 Å². The first-order chi connectivity index (χ1) is 19.2. The van der Waals surface area contributed by atoms with Crippen molar-refractivity contribution >= 4 is 17.7 Å². The lowest BCUT2D eigenvalue weighted by Gasteiger charge is -2.36. The number of aryl methyl sites for hydroxylation is 1. The Morgan fingerprint density at radius 2 is 1.70 bits per heavy atom. The Kier molecular flexibility index (Phi) is 7.55. The molecule has 5 rings (SSSR count). The zero-order chi connectivity index (χ0) is 28.6. The monoisotopic (exact) mass is 568 g/mol. The lowest BCUT2D eigenvalue weighted by atomic mass is 9.71. The summed E-state index contributed by atoms with van der Waals surface area (Å²) in [5, 5.41) is 9.61. The summed E-state index contributed by atoms with van der Waals surface area (Å²) in [6, 6.07) is 13.4. The van der Waals surface area contributed by atoms with Gasteiger partial charge in [-0.3, -0.25) is 4.57 Å². The van der Waals surface area contributed by atoms with E-state index in [1.165, 1.54) is 12.1 Å². The number of imidazole rings is 1. The van der Waals surface area contributed by atoms with Crippen molar-refractivity contribution < 1.29 is 32.5 Å². The van der Waals surface area contributed by atoms with E-state index in [2.05, 4.69) is 6.92 Å². The van der Waals surface area contributed by atoms with Gasteiger partial charge in [-0.05, 0) is 80.3 Å². The van der Waals surface area contributed by atoms with Crippen molar-refractivity contribution in [3.8, 4) is 17.2 Å². The summed E-state index contributed by atoms with van der Waals surface area (Å²) in [5.74, 6) is -2.61. The van der Waals surface area contributed by atoms with Gasteiger partial charge in [0.15, 0.2) is 16.7 Å². The summed E-state index contributed by atoms with van der Waals surface area (Å²) in [7, 11) is 3.15. The summed E-state index contributed by atoms with van der Waals surface area (Å²) in [5.41, 5.74) is 2.16. The van der Waals surface area contributed by atoms with Gasteiger partial charge in [0.1, 0.15) is 17.5 Å². The Morgan fingerprint density at radius 1 is 1.02 bits per heavy atom. The summed E-state index contributed by atoms with van der Waals surface area (Å²) < 4.78 is 56.3. The molecule has 3 aromatic carbocycles. The lowest BCUT2D eigenvalue weighted by molar-refractivity contribution is 0.0695. The average Bonchev–Trinajstić information content (AvgIpc) is 3.32. The normalized spacial score (nSPS) is 16.4. The number of hydrogen-bond acceptors (Lipinski definition) is 5. The van der Waals surface area contributed by atoms with Crippen LogP contribution in [0.4, 0.5) is 13.2 Å². The molecule has 0 radical (unpaired) electrons. The van der Waals surface area contributed by atoms with E-state index < -0.39 is 34.4 Å². The van der Waals surface area contributed by atoms with Crippen LogP contribution in [0.25, 0.3) is 5.69 Å². The lowest BCUT2D eigenvalue weighted by Crippen LogP contribution is -2.31. The van der Waals surface area contributed by atoms with Crippen molar-refractivity contribution in [2.24, 2.45) is 0 Å². The van der Waals surface area contributed by atoms with Gasteiger partial charge in [0, 0.05) is 22.4 Å². The van der Waals surface area contributed by atoms with Gasteiger partial charge in [0.05, 0.1) is 31.2 Å². The number of aromatic nitrogens is 2. The minimum absolute atomic E-state index is 0.123. The first-order valence-corrected chi connectivity index (χ1v) is 13.6. The molecule has 0 amide bonds. The number of hydrogen-bond donors (Lipinski definition) is 1. The van der Waals surface area contributed by atoms with Gasteiger partial charge < -0.3 is 14.6 Å². The molecule has 0 fully saturated rings. The number of carboxylic acid groups (broad SMARTS) is 1. The third-order valence-electron chi connectivity index (χ3n) is 7.37. The van der Waals surface area contributed by atoms with Crippen LogP contribution in [0.3, 0.4) is 0 Å². The van der Waals surface area contributed by atoms with Crippen LogP contribution in [-0.2, 0) is 17.6 Å². The molecule has 0 saturated heterocycles. The van der Waals surface area contributed by atoms with Gasteiger partial charge in [-0.15, -0.1) is 0 Å². The largest absolute Gasteiger partial charge is 0.493 e. The maximum atomic E-state index is 14.7. The van der Waals surface area contributed by atoms with E-state index in [0.29, 0.717) is 28.8 Å². The van der Waals surface area contributed by atoms with Crippen molar-refractivity contribution in [2.75, 3.05) is 14.2 Å². The average molecular weight is 569 g/mol. The van der Waals surface area contributed by atoms with E-state index in [0.717, 1.165) is 53.7 Å². The predicted octanol–water partition coefficient (Wildman–Crippen LogP) is 6.94. The highest BCUT2D eigenvalue weighted by atomic mass is 32.2. The van der Waals surface area contributed by atoms with Gasteiger partial charge in [-0.1, -0.05) is 17.8 Å². The summed E-state index contributed by atoms with van der Waals surface area (Å²) in [6.45, 7) is 2.12. The Bertz CT molecular complexity index is 1570. The van der Waals surface area contributed by atoms with Crippen LogP contribution in [-0.4, -0.2) is 34.8 Å². The van der Waals surface area contributed by atoms with Gasteiger partial charge in [-0.25, -0.2) is 22.9 Å².